The van der Waals surface area contributed by atoms with Gasteiger partial charge in [-0.2, -0.15) is 34.8 Å². The Morgan fingerprint density at radius 3 is 1.91 bits per heavy atom. The Morgan fingerprint density at radius 2 is 1.61 bits per heavy atom. The van der Waals surface area contributed by atoms with Crippen LogP contribution in [0.15, 0.2) is 23.3 Å². The molecule has 0 saturated heterocycles. The summed E-state index contributed by atoms with van der Waals surface area (Å²) in [5, 5.41) is 0. The zero-order valence-electron chi connectivity index (χ0n) is 12.3. The number of hydrogen-bond acceptors (Lipinski definition) is 2. The molecule has 1 aliphatic rings. The second-order valence-electron chi connectivity index (χ2n) is 5.36. The Morgan fingerprint density at radius 1 is 1.22 bits per heavy atom. The Kier molecular flexibility index (Phi) is 7.20. The van der Waals surface area contributed by atoms with Crippen LogP contribution in [0.25, 0.3) is 0 Å². The van der Waals surface area contributed by atoms with Gasteiger partial charge >= 0.3 is 21.8 Å². The Hall–Kier alpha value is -0.300. The second-order valence-corrected chi connectivity index (χ2v) is 8.02. The van der Waals surface area contributed by atoms with Crippen molar-refractivity contribution in [2.24, 2.45) is 5.41 Å². The molecule has 0 amide bonds. The van der Waals surface area contributed by atoms with Gasteiger partial charge in [0, 0.05) is 9.34 Å². The first kappa shape index (κ1) is 22.7. The molecule has 2 atom stereocenters. The quantitative estimate of drug-likeness (QED) is 0.188. The summed E-state index contributed by atoms with van der Waals surface area (Å²) in [4.78, 5) is 0. The van der Waals surface area contributed by atoms with E-state index < -0.39 is 33.6 Å². The molecule has 0 aromatic rings. The molecule has 0 spiro atoms. The first-order valence-corrected chi connectivity index (χ1v) is 8.70. The van der Waals surface area contributed by atoms with Crippen molar-refractivity contribution in [2.45, 2.75) is 42.8 Å². The van der Waals surface area contributed by atoms with Crippen LogP contribution in [0.5, 0.6) is 0 Å². The average molecular weight is 480 g/mol. The summed E-state index contributed by atoms with van der Waals surface area (Å²) in [5.74, 6) is 0. The third-order valence-electron chi connectivity index (χ3n) is 2.87. The van der Waals surface area contributed by atoms with Crippen LogP contribution in [0.1, 0.15) is 27.2 Å². The van der Waals surface area contributed by atoms with Crippen LogP contribution in [0, 0.1) is 5.41 Å². The van der Waals surface area contributed by atoms with Crippen LogP contribution in [0.4, 0.5) is 26.3 Å². The fourth-order valence-corrected chi connectivity index (χ4v) is 2.74. The molecule has 1 aliphatic carbocycles. The molecule has 0 aromatic heterocycles. The van der Waals surface area contributed by atoms with E-state index in [-0.39, 0.29) is 3.92 Å². The summed E-state index contributed by atoms with van der Waals surface area (Å²) in [7, 11) is -5.84. The molecule has 136 valence electrons. The molecule has 0 heterocycles. The SMILES string of the molecule is CC1=CC(C)(CC(F)(F)F)C(I)C(C)=C1.O=S(=O)(O)C(F)(F)F. The third-order valence-corrected chi connectivity index (χ3v) is 5.86. The topological polar surface area (TPSA) is 54.4 Å². The molecule has 0 aliphatic heterocycles. The number of halogens is 7. The standard InChI is InChI=1S/C11H14F3I.CHF3O3S/c1-7-4-8(2)9(15)10(3,5-7)6-11(12,13)14;2-1(3,4)8(5,6)7/h4-5,9H,6H2,1-3H3;(H,5,6,7). The molecule has 2 unspecified atom stereocenters. The minimum Gasteiger partial charge on any atom is -0.279 e. The number of hydrogen-bond donors (Lipinski definition) is 1. The first-order chi connectivity index (χ1) is 9.89. The fraction of sp³-hybridized carbons (Fsp3) is 0.667. The Labute approximate surface area is 143 Å². The van der Waals surface area contributed by atoms with E-state index >= 15 is 0 Å². The predicted octanol–water partition coefficient (Wildman–Crippen LogP) is 5.05. The zero-order chi connectivity index (χ0) is 18.9. The Bertz CT molecular complexity index is 591. The van der Waals surface area contributed by atoms with E-state index in [9.17, 15) is 26.3 Å². The Balaban J connectivity index is 0.000000515. The minimum absolute atomic E-state index is 0.0829. The van der Waals surface area contributed by atoms with Gasteiger partial charge in [-0.05, 0) is 13.8 Å². The molecule has 3 nitrogen and oxygen atoms in total. The van der Waals surface area contributed by atoms with Crippen LogP contribution in [0.2, 0.25) is 0 Å². The number of alkyl halides is 7. The normalized spacial score (nSPS) is 26.0. The van der Waals surface area contributed by atoms with Crippen molar-refractivity contribution in [1.82, 2.24) is 0 Å². The van der Waals surface area contributed by atoms with Gasteiger partial charge in [0.05, 0.1) is 6.42 Å². The summed E-state index contributed by atoms with van der Waals surface area (Å²) in [6.07, 6.45) is -1.16. The van der Waals surface area contributed by atoms with Crippen molar-refractivity contribution >= 4 is 32.7 Å². The van der Waals surface area contributed by atoms with Crippen molar-refractivity contribution < 1.29 is 39.3 Å². The summed E-state index contributed by atoms with van der Waals surface area (Å²) < 4.78 is 94.8. The van der Waals surface area contributed by atoms with Gasteiger partial charge in [-0.25, -0.2) is 0 Å². The van der Waals surface area contributed by atoms with Crippen LogP contribution < -0.4 is 0 Å². The summed E-state index contributed by atoms with van der Waals surface area (Å²) in [5.41, 5.74) is -4.40. The lowest BCUT2D eigenvalue weighted by molar-refractivity contribution is -0.150. The number of allylic oxidation sites excluding steroid dienone is 4. The van der Waals surface area contributed by atoms with Crippen molar-refractivity contribution in [1.29, 1.82) is 0 Å². The van der Waals surface area contributed by atoms with E-state index in [1.165, 1.54) is 0 Å². The first-order valence-electron chi connectivity index (χ1n) is 6.01. The molecular formula is C12H15F6IO3S. The second kappa shape index (κ2) is 7.30. The average Bonchev–Trinajstić information content (AvgIpc) is 2.20. The highest BCUT2D eigenvalue weighted by atomic mass is 127. The molecule has 1 rings (SSSR count). The monoisotopic (exact) mass is 480 g/mol. The zero-order valence-corrected chi connectivity index (χ0v) is 15.2. The third kappa shape index (κ3) is 7.42. The molecule has 0 saturated carbocycles. The lowest BCUT2D eigenvalue weighted by atomic mass is 9.76. The van der Waals surface area contributed by atoms with Gasteiger partial charge in [0.25, 0.3) is 0 Å². The molecule has 0 radical (unpaired) electrons. The molecule has 0 bridgehead atoms. The lowest BCUT2D eigenvalue weighted by Crippen LogP contribution is -2.34. The molecule has 11 heteroatoms. The predicted molar refractivity (Wildman–Crippen MR) is 81.7 cm³/mol. The van der Waals surface area contributed by atoms with Crippen molar-refractivity contribution in [3.8, 4) is 0 Å². The minimum atomic E-state index is -5.84. The maximum Gasteiger partial charge on any atom is 0.522 e. The van der Waals surface area contributed by atoms with E-state index in [1.807, 2.05) is 19.9 Å². The smallest absolute Gasteiger partial charge is 0.279 e. The van der Waals surface area contributed by atoms with E-state index in [0.29, 0.717) is 0 Å². The van der Waals surface area contributed by atoms with Gasteiger partial charge in [-0.3, -0.25) is 4.55 Å². The van der Waals surface area contributed by atoms with Gasteiger partial charge in [0.2, 0.25) is 0 Å². The van der Waals surface area contributed by atoms with E-state index in [0.717, 1.165) is 11.1 Å². The molecule has 1 N–H and O–H groups in total. The largest absolute Gasteiger partial charge is 0.522 e. The van der Waals surface area contributed by atoms with Gasteiger partial charge in [0.15, 0.2) is 0 Å². The van der Waals surface area contributed by atoms with Crippen LogP contribution in [-0.2, 0) is 10.1 Å². The van der Waals surface area contributed by atoms with E-state index in [4.69, 9.17) is 13.0 Å². The maximum absolute atomic E-state index is 12.5. The van der Waals surface area contributed by atoms with Gasteiger partial charge in [-0.15, -0.1) is 0 Å². The maximum atomic E-state index is 12.5. The van der Waals surface area contributed by atoms with Crippen molar-refractivity contribution in [3.05, 3.63) is 23.3 Å². The highest BCUT2D eigenvalue weighted by molar-refractivity contribution is 14.1. The van der Waals surface area contributed by atoms with Crippen LogP contribution >= 0.6 is 22.6 Å². The molecule has 23 heavy (non-hydrogen) atoms. The van der Waals surface area contributed by atoms with Crippen molar-refractivity contribution in [3.63, 3.8) is 0 Å². The highest BCUT2D eigenvalue weighted by Gasteiger charge is 2.44. The van der Waals surface area contributed by atoms with E-state index in [2.05, 4.69) is 22.6 Å². The van der Waals surface area contributed by atoms with Crippen molar-refractivity contribution in [2.75, 3.05) is 0 Å². The van der Waals surface area contributed by atoms with Gasteiger partial charge in [-0.1, -0.05) is 52.8 Å². The lowest BCUT2D eigenvalue weighted by Gasteiger charge is -2.36. The van der Waals surface area contributed by atoms with Crippen LogP contribution in [-0.4, -0.2) is 28.6 Å². The highest BCUT2D eigenvalue weighted by Crippen LogP contribution is 2.46. The van der Waals surface area contributed by atoms with Gasteiger partial charge in [0.1, 0.15) is 0 Å². The molecule has 0 aromatic carbocycles. The number of rotatable bonds is 1. The summed E-state index contributed by atoms with van der Waals surface area (Å²) in [6, 6.07) is 0. The molecular weight excluding hydrogens is 465 g/mol. The fourth-order valence-electron chi connectivity index (χ4n) is 2.16. The van der Waals surface area contributed by atoms with Gasteiger partial charge < -0.3 is 0 Å². The van der Waals surface area contributed by atoms with E-state index in [1.54, 1.807) is 13.0 Å². The summed E-state index contributed by atoms with van der Waals surface area (Å²) in [6.45, 7) is 5.42. The van der Waals surface area contributed by atoms with Crippen LogP contribution in [0.3, 0.4) is 0 Å². The molecule has 0 fully saturated rings. The summed E-state index contributed by atoms with van der Waals surface area (Å²) >= 11 is 2.10.